The van der Waals surface area contributed by atoms with E-state index >= 15 is 0 Å². The molecular formula is C51H28N4O2. The minimum absolute atomic E-state index is 0.596. The Hall–Kier alpha value is -7.70. The lowest BCUT2D eigenvalue weighted by Crippen LogP contribution is -2.26. The van der Waals surface area contributed by atoms with Crippen molar-refractivity contribution in [1.82, 2.24) is 19.9 Å². The maximum atomic E-state index is 6.88. The molecule has 6 heteroatoms. The zero-order chi connectivity index (χ0) is 37.2. The van der Waals surface area contributed by atoms with Gasteiger partial charge in [-0.2, -0.15) is 0 Å². The predicted molar refractivity (Wildman–Crippen MR) is 225 cm³/mol. The number of aromatic nitrogens is 4. The number of hydrogen-bond acceptors (Lipinski definition) is 6. The summed E-state index contributed by atoms with van der Waals surface area (Å²) in [5.74, 6) is 0.612. The molecule has 0 amide bonds. The second-order valence-corrected chi connectivity index (χ2v) is 14.9. The molecule has 13 rings (SSSR count). The number of pyridine rings is 2. The number of para-hydroxylation sites is 1. The average Bonchev–Trinajstić information content (AvgIpc) is 4.00. The average molecular weight is 729 g/mol. The molecule has 6 aromatic carbocycles. The van der Waals surface area contributed by atoms with Gasteiger partial charge in [0.15, 0.2) is 5.82 Å². The minimum atomic E-state index is -0.596. The van der Waals surface area contributed by atoms with Gasteiger partial charge in [-0.15, -0.1) is 0 Å². The van der Waals surface area contributed by atoms with Gasteiger partial charge in [0.25, 0.3) is 0 Å². The van der Waals surface area contributed by atoms with Gasteiger partial charge in [-0.3, -0.25) is 9.97 Å². The van der Waals surface area contributed by atoms with Crippen LogP contribution in [0.25, 0.3) is 100 Å². The highest BCUT2D eigenvalue weighted by Crippen LogP contribution is 2.65. The van der Waals surface area contributed by atoms with E-state index in [0.29, 0.717) is 5.82 Å². The molecule has 2 aliphatic carbocycles. The van der Waals surface area contributed by atoms with Crippen LogP contribution in [-0.4, -0.2) is 19.9 Å². The van der Waals surface area contributed by atoms with Crippen LogP contribution in [0.3, 0.4) is 0 Å². The van der Waals surface area contributed by atoms with Crippen LogP contribution in [0, 0.1) is 0 Å². The van der Waals surface area contributed by atoms with E-state index < -0.39 is 5.41 Å². The van der Waals surface area contributed by atoms with E-state index in [9.17, 15) is 0 Å². The topological polar surface area (TPSA) is 77.8 Å². The van der Waals surface area contributed by atoms with E-state index in [1.54, 1.807) is 24.8 Å². The van der Waals surface area contributed by atoms with Crippen LogP contribution < -0.4 is 0 Å². The zero-order valence-electron chi connectivity index (χ0n) is 30.3. The van der Waals surface area contributed by atoms with Crippen molar-refractivity contribution in [3.8, 4) is 56.2 Å². The molecule has 0 atom stereocenters. The van der Waals surface area contributed by atoms with E-state index in [4.69, 9.17) is 18.8 Å². The van der Waals surface area contributed by atoms with Crippen molar-refractivity contribution in [2.24, 2.45) is 0 Å². The fourth-order valence-electron chi connectivity index (χ4n) is 9.77. The van der Waals surface area contributed by atoms with E-state index in [2.05, 4.69) is 119 Å². The van der Waals surface area contributed by atoms with Crippen molar-refractivity contribution in [2.75, 3.05) is 0 Å². The SMILES string of the molecule is c1ccc2c(c1)-c1ccccc1C21c2cc3oc4ccccc4c3cc2-c2ccc3oc4cc(-c5nc(-c6ccncc6)cc(-c6ccncc6)n5)ccc4c3c21. The minimum Gasteiger partial charge on any atom is -0.456 e. The fraction of sp³-hybridized carbons (Fsp3) is 0.0196. The molecule has 0 N–H and O–H groups in total. The third-order valence-corrected chi connectivity index (χ3v) is 12.1. The molecule has 57 heavy (non-hydrogen) atoms. The van der Waals surface area contributed by atoms with Crippen LogP contribution in [-0.2, 0) is 5.41 Å². The summed E-state index contributed by atoms with van der Waals surface area (Å²) in [6.45, 7) is 0. The standard InChI is InChI=1S/C51H28N4O2/c1-4-10-39-32(7-1)33-8-2-5-11-40(33)51(39)41-27-47-38(34-9-3-6-12-44(34)56-47)26-37(41)35-15-16-45-48(49(35)51)36-14-13-31(25-46(36)57-45)50-54-42(29-17-21-52-22-18-29)28-43(55-50)30-19-23-53-24-20-30/h1-28H. The van der Waals surface area contributed by atoms with Crippen molar-refractivity contribution < 1.29 is 8.83 Å². The van der Waals surface area contributed by atoms with Gasteiger partial charge in [0.2, 0.25) is 0 Å². The maximum Gasteiger partial charge on any atom is 0.160 e. The Bertz CT molecular complexity index is 3370. The Morgan fingerprint density at radius 2 is 1.02 bits per heavy atom. The van der Waals surface area contributed by atoms with E-state index in [1.165, 1.54) is 44.5 Å². The van der Waals surface area contributed by atoms with Crippen molar-refractivity contribution in [3.63, 3.8) is 0 Å². The number of rotatable bonds is 3. The van der Waals surface area contributed by atoms with Gasteiger partial charge in [-0.25, -0.2) is 9.97 Å². The van der Waals surface area contributed by atoms with Crippen LogP contribution >= 0.6 is 0 Å². The highest BCUT2D eigenvalue weighted by molar-refractivity contribution is 6.16. The monoisotopic (exact) mass is 728 g/mol. The molecular weight excluding hydrogens is 701 g/mol. The summed E-state index contributed by atoms with van der Waals surface area (Å²) < 4.78 is 13.5. The molecule has 0 saturated heterocycles. The Morgan fingerprint density at radius 1 is 0.386 bits per heavy atom. The smallest absolute Gasteiger partial charge is 0.160 e. The first-order valence-corrected chi connectivity index (χ1v) is 19.1. The largest absolute Gasteiger partial charge is 0.456 e. The summed E-state index contributed by atoms with van der Waals surface area (Å²) in [4.78, 5) is 18.6. The fourth-order valence-corrected chi connectivity index (χ4v) is 9.77. The predicted octanol–water partition coefficient (Wildman–Crippen LogP) is 12.4. The molecule has 11 aromatic rings. The van der Waals surface area contributed by atoms with Gasteiger partial charge in [0.05, 0.1) is 16.8 Å². The third-order valence-electron chi connectivity index (χ3n) is 12.1. The Labute approximate surface area is 325 Å². The van der Waals surface area contributed by atoms with Gasteiger partial charge in [-0.1, -0.05) is 78.9 Å². The first kappa shape index (κ1) is 30.6. The van der Waals surface area contributed by atoms with E-state index in [0.717, 1.165) is 72.0 Å². The molecule has 0 bridgehead atoms. The lowest BCUT2D eigenvalue weighted by Gasteiger charge is -2.31. The number of furan rings is 2. The first-order valence-electron chi connectivity index (χ1n) is 19.1. The lowest BCUT2D eigenvalue weighted by atomic mass is 9.69. The molecule has 0 saturated carbocycles. The molecule has 0 aliphatic heterocycles. The quantitative estimate of drug-likeness (QED) is 0.180. The molecule has 2 aliphatic rings. The summed E-state index contributed by atoms with van der Waals surface area (Å²) in [5.41, 5.74) is 17.2. The van der Waals surface area contributed by atoms with Crippen molar-refractivity contribution in [3.05, 3.63) is 193 Å². The second kappa shape index (κ2) is 11.2. The van der Waals surface area contributed by atoms with Gasteiger partial charge < -0.3 is 8.83 Å². The van der Waals surface area contributed by atoms with Crippen LogP contribution in [0.4, 0.5) is 0 Å². The normalized spacial score (nSPS) is 13.4. The molecule has 0 radical (unpaired) electrons. The second-order valence-electron chi connectivity index (χ2n) is 14.9. The molecule has 264 valence electrons. The number of nitrogens with zero attached hydrogens (tertiary/aromatic N) is 4. The summed E-state index contributed by atoms with van der Waals surface area (Å²) >= 11 is 0. The summed E-state index contributed by atoms with van der Waals surface area (Å²) in [7, 11) is 0. The van der Waals surface area contributed by atoms with Gasteiger partial charge in [0.1, 0.15) is 22.3 Å². The number of hydrogen-bond donors (Lipinski definition) is 0. The third kappa shape index (κ3) is 4.08. The Balaban J connectivity index is 1.09. The van der Waals surface area contributed by atoms with E-state index in [1.807, 2.05) is 36.4 Å². The molecule has 5 aromatic heterocycles. The van der Waals surface area contributed by atoms with Crippen molar-refractivity contribution >= 4 is 43.9 Å². The molecule has 0 unspecified atom stereocenters. The van der Waals surface area contributed by atoms with Crippen LogP contribution in [0.15, 0.2) is 179 Å². The van der Waals surface area contributed by atoms with Gasteiger partial charge in [0, 0.05) is 63.0 Å². The van der Waals surface area contributed by atoms with Gasteiger partial charge >= 0.3 is 0 Å². The molecule has 1 spiro atoms. The Morgan fingerprint density at radius 3 is 1.74 bits per heavy atom. The van der Waals surface area contributed by atoms with E-state index in [-0.39, 0.29) is 0 Å². The number of benzene rings is 6. The highest BCUT2D eigenvalue weighted by atomic mass is 16.3. The summed E-state index contributed by atoms with van der Waals surface area (Å²) in [5, 5.41) is 4.40. The van der Waals surface area contributed by atoms with Crippen molar-refractivity contribution in [2.45, 2.75) is 5.41 Å². The highest BCUT2D eigenvalue weighted by Gasteiger charge is 2.53. The zero-order valence-corrected chi connectivity index (χ0v) is 30.3. The van der Waals surface area contributed by atoms with Crippen molar-refractivity contribution in [1.29, 1.82) is 0 Å². The first-order chi connectivity index (χ1) is 28.2. The summed E-state index contributed by atoms with van der Waals surface area (Å²) in [6.07, 6.45) is 7.14. The Kier molecular flexibility index (Phi) is 6.00. The maximum absolute atomic E-state index is 6.88. The lowest BCUT2D eigenvalue weighted by molar-refractivity contribution is 0.666. The van der Waals surface area contributed by atoms with Crippen LogP contribution in [0.5, 0.6) is 0 Å². The van der Waals surface area contributed by atoms with Gasteiger partial charge in [-0.05, 0) is 111 Å². The van der Waals surface area contributed by atoms with Crippen LogP contribution in [0.2, 0.25) is 0 Å². The number of fused-ring (bicyclic) bond motifs is 17. The van der Waals surface area contributed by atoms with Crippen LogP contribution in [0.1, 0.15) is 22.3 Å². The molecule has 5 heterocycles. The molecule has 6 nitrogen and oxygen atoms in total. The summed E-state index contributed by atoms with van der Waals surface area (Å²) in [6, 6.07) is 51.5. The molecule has 0 fully saturated rings.